The minimum absolute atomic E-state index is 0.182. The molecule has 9 nitrogen and oxygen atoms in total. The highest BCUT2D eigenvalue weighted by Crippen LogP contribution is 2.17. The van der Waals surface area contributed by atoms with Crippen LogP contribution in [0.4, 0.5) is 0 Å². The Morgan fingerprint density at radius 3 is 1.08 bits per heavy atom. The van der Waals surface area contributed by atoms with E-state index in [2.05, 4.69) is 86.8 Å². The van der Waals surface area contributed by atoms with E-state index in [0.717, 1.165) is 70.6 Å². The molecular formula is C70H126NO8+. The van der Waals surface area contributed by atoms with Crippen LogP contribution in [0, 0.1) is 0 Å². The highest BCUT2D eigenvalue weighted by molar-refractivity contribution is 5.71. The van der Waals surface area contributed by atoms with Crippen molar-refractivity contribution in [3.05, 3.63) is 72.9 Å². The van der Waals surface area contributed by atoms with Crippen molar-refractivity contribution in [3.8, 4) is 0 Å². The number of quaternary nitrogens is 1. The lowest BCUT2D eigenvalue weighted by atomic mass is 10.0. The first kappa shape index (κ1) is 75.7. The van der Waals surface area contributed by atoms with Crippen LogP contribution in [0.25, 0.3) is 0 Å². The predicted molar refractivity (Wildman–Crippen MR) is 336 cm³/mol. The molecule has 0 heterocycles. The summed E-state index contributed by atoms with van der Waals surface area (Å²) in [5.74, 6) is -1.99. The van der Waals surface area contributed by atoms with Gasteiger partial charge in [-0.3, -0.25) is 9.59 Å². The number of unbranched alkanes of at least 4 members (excludes halogenated alkanes) is 34. The molecule has 0 amide bonds. The average molecular weight is 1110 g/mol. The molecule has 0 radical (unpaired) electrons. The van der Waals surface area contributed by atoms with Crippen LogP contribution >= 0.6 is 0 Å². The molecule has 79 heavy (non-hydrogen) atoms. The minimum Gasteiger partial charge on any atom is -0.477 e. The molecule has 2 atom stereocenters. The quantitative estimate of drug-likeness (QED) is 0.0211. The zero-order valence-electron chi connectivity index (χ0n) is 52.3. The number of carboxylic acids is 1. The van der Waals surface area contributed by atoms with Crippen molar-refractivity contribution >= 4 is 17.9 Å². The van der Waals surface area contributed by atoms with Crippen molar-refractivity contribution < 1.29 is 42.9 Å². The van der Waals surface area contributed by atoms with Gasteiger partial charge in [-0.25, -0.2) is 4.79 Å². The summed E-state index contributed by atoms with van der Waals surface area (Å²) in [4.78, 5) is 37.6. The molecule has 0 spiro atoms. The normalized spacial score (nSPS) is 13.2. The van der Waals surface area contributed by atoms with Crippen molar-refractivity contribution in [2.75, 3.05) is 47.5 Å². The summed E-state index contributed by atoms with van der Waals surface area (Å²) < 4.78 is 23.0. The van der Waals surface area contributed by atoms with Gasteiger partial charge >= 0.3 is 17.9 Å². The molecule has 0 aromatic rings. The van der Waals surface area contributed by atoms with Crippen molar-refractivity contribution in [2.24, 2.45) is 0 Å². The lowest BCUT2D eigenvalue weighted by Gasteiger charge is -2.25. The minimum atomic E-state index is -1.51. The second-order valence-corrected chi connectivity index (χ2v) is 23.4. The molecule has 0 aliphatic carbocycles. The van der Waals surface area contributed by atoms with Gasteiger partial charge in [0.2, 0.25) is 0 Å². The maximum atomic E-state index is 12.9. The van der Waals surface area contributed by atoms with E-state index in [1.165, 1.54) is 199 Å². The van der Waals surface area contributed by atoms with E-state index in [9.17, 15) is 19.5 Å². The van der Waals surface area contributed by atoms with Crippen LogP contribution < -0.4 is 0 Å². The lowest BCUT2D eigenvalue weighted by Crippen LogP contribution is -2.40. The number of carbonyl (C=O) groups excluding carboxylic acids is 2. The highest BCUT2D eigenvalue weighted by atomic mass is 16.7. The fraction of sp³-hybridized carbons (Fsp3) is 0.786. The number of rotatable bonds is 61. The Hall–Kier alpha value is -3.27. The van der Waals surface area contributed by atoms with Crippen molar-refractivity contribution in [2.45, 2.75) is 309 Å². The van der Waals surface area contributed by atoms with Gasteiger partial charge in [-0.1, -0.05) is 273 Å². The van der Waals surface area contributed by atoms with Crippen LogP contribution in [0.15, 0.2) is 72.9 Å². The van der Waals surface area contributed by atoms with Crippen LogP contribution in [0.1, 0.15) is 296 Å². The molecule has 0 saturated heterocycles. The molecule has 0 rings (SSSR count). The first-order valence-electron chi connectivity index (χ1n) is 33.1. The van der Waals surface area contributed by atoms with E-state index in [1.807, 2.05) is 21.1 Å². The maximum absolute atomic E-state index is 12.9. The molecule has 9 heteroatoms. The SMILES string of the molecule is CC/C=C\C/C=C\C/C=C\C/C=C\CCCCCCCCCCCCCCCCC(=O)OC(COC(=O)CCCCCCCCCCCCCCCCC/C=C\C/C=C\CCCCCCC)COC(OCC[N+](C)(C)C)C(=O)O. The van der Waals surface area contributed by atoms with Gasteiger partial charge in [-0.05, 0) is 83.5 Å². The van der Waals surface area contributed by atoms with Crippen molar-refractivity contribution in [1.82, 2.24) is 0 Å². The van der Waals surface area contributed by atoms with E-state index < -0.39 is 24.3 Å². The molecule has 2 unspecified atom stereocenters. The molecule has 0 fully saturated rings. The molecule has 0 aliphatic rings. The van der Waals surface area contributed by atoms with Crippen LogP contribution in [0.3, 0.4) is 0 Å². The number of likely N-dealkylation sites (N-methyl/N-ethyl adjacent to an activating group) is 1. The molecule has 1 N–H and O–H groups in total. The number of hydrogen-bond acceptors (Lipinski definition) is 7. The molecule has 0 aliphatic heterocycles. The third kappa shape index (κ3) is 62.2. The summed E-state index contributed by atoms with van der Waals surface area (Å²) >= 11 is 0. The van der Waals surface area contributed by atoms with E-state index in [1.54, 1.807) is 0 Å². The number of carbonyl (C=O) groups is 3. The first-order valence-corrected chi connectivity index (χ1v) is 33.1. The molecule has 0 bridgehead atoms. The first-order chi connectivity index (χ1) is 38.6. The smallest absolute Gasteiger partial charge is 0.361 e. The molecule has 0 saturated carbocycles. The van der Waals surface area contributed by atoms with E-state index in [-0.39, 0.29) is 32.2 Å². The van der Waals surface area contributed by atoms with Crippen LogP contribution in [0.2, 0.25) is 0 Å². The van der Waals surface area contributed by atoms with E-state index >= 15 is 0 Å². The molecular weight excluding hydrogens is 983 g/mol. The van der Waals surface area contributed by atoms with Gasteiger partial charge in [-0.15, -0.1) is 0 Å². The summed E-state index contributed by atoms with van der Waals surface area (Å²) in [5.41, 5.74) is 0. The number of esters is 2. The number of ether oxygens (including phenoxy) is 4. The van der Waals surface area contributed by atoms with Gasteiger partial charge in [0.1, 0.15) is 13.2 Å². The zero-order chi connectivity index (χ0) is 57.6. The standard InChI is InChI=1S/C70H125NO8/c1-6-8-10-12-14-16-18-20-22-24-26-28-30-32-34-36-38-40-42-44-46-48-50-52-54-56-58-60-67(72)77-64-66(65-78-70(69(74)75)76-63-62-71(3,4)5)79-68(73)61-59-57-55-53-51-49-47-45-43-41-39-37-35-33-31-29-27-25-23-21-19-17-15-13-11-9-7-2/h9,11,15,17-18,20-21,23-24,26-27,29,66,70H,6-8,10,12-14,16,19,22,25,28,30-65H2,1-5H3/p+1/b11-9-,17-15-,20-18-,23-21-,26-24-,29-27-. The highest BCUT2D eigenvalue weighted by Gasteiger charge is 2.25. The Balaban J connectivity index is 4.14. The van der Waals surface area contributed by atoms with Crippen molar-refractivity contribution in [3.63, 3.8) is 0 Å². The van der Waals surface area contributed by atoms with Crippen molar-refractivity contribution in [1.29, 1.82) is 0 Å². The maximum Gasteiger partial charge on any atom is 0.361 e. The molecule has 458 valence electrons. The van der Waals surface area contributed by atoms with Crippen LogP contribution in [0.5, 0.6) is 0 Å². The largest absolute Gasteiger partial charge is 0.477 e. The van der Waals surface area contributed by atoms with Crippen LogP contribution in [-0.4, -0.2) is 87.4 Å². The lowest BCUT2D eigenvalue weighted by molar-refractivity contribution is -0.870. The topological polar surface area (TPSA) is 108 Å². The molecule has 0 aromatic heterocycles. The third-order valence-electron chi connectivity index (χ3n) is 14.4. The number of nitrogens with zero attached hydrogens (tertiary/aromatic N) is 1. The number of allylic oxidation sites excluding steroid dienone is 12. The Morgan fingerprint density at radius 2 is 0.722 bits per heavy atom. The summed E-state index contributed by atoms with van der Waals surface area (Å²) in [6, 6.07) is 0. The second-order valence-electron chi connectivity index (χ2n) is 23.4. The monoisotopic (exact) mass is 1110 g/mol. The number of aliphatic carboxylic acids is 1. The van der Waals surface area contributed by atoms with Gasteiger partial charge < -0.3 is 28.5 Å². The number of carboxylic acid groups (broad SMARTS) is 1. The van der Waals surface area contributed by atoms with Gasteiger partial charge in [0, 0.05) is 12.8 Å². The van der Waals surface area contributed by atoms with Crippen LogP contribution in [-0.2, 0) is 33.3 Å². The van der Waals surface area contributed by atoms with Gasteiger partial charge in [-0.2, -0.15) is 0 Å². The summed E-state index contributed by atoms with van der Waals surface area (Å²) in [6.45, 7) is 4.79. The van der Waals surface area contributed by atoms with Gasteiger partial charge in [0.25, 0.3) is 6.29 Å². The van der Waals surface area contributed by atoms with Gasteiger partial charge in [0.15, 0.2) is 6.10 Å². The predicted octanol–water partition coefficient (Wildman–Crippen LogP) is 20.1. The fourth-order valence-electron chi connectivity index (χ4n) is 9.39. The van der Waals surface area contributed by atoms with E-state index in [4.69, 9.17) is 18.9 Å². The summed E-state index contributed by atoms with van der Waals surface area (Å²) in [5, 5.41) is 9.74. The zero-order valence-corrected chi connectivity index (χ0v) is 52.3. The fourth-order valence-corrected chi connectivity index (χ4v) is 9.39. The Kier molecular flexibility index (Phi) is 58.3. The van der Waals surface area contributed by atoms with Gasteiger partial charge in [0.05, 0.1) is 34.4 Å². The number of hydrogen-bond donors (Lipinski definition) is 1. The Labute approximate surface area is 487 Å². The summed E-state index contributed by atoms with van der Waals surface area (Å²) in [6.07, 6.45) is 77.1. The second kappa shape index (κ2) is 60.8. The Morgan fingerprint density at radius 1 is 0.392 bits per heavy atom. The third-order valence-corrected chi connectivity index (χ3v) is 14.4. The van der Waals surface area contributed by atoms with E-state index in [0.29, 0.717) is 17.4 Å². The average Bonchev–Trinajstić information content (AvgIpc) is 3.42. The summed E-state index contributed by atoms with van der Waals surface area (Å²) in [7, 11) is 5.98. The molecule has 0 aromatic carbocycles. The Bertz CT molecular complexity index is 1520.